The Morgan fingerprint density at radius 1 is 0.450 bits per heavy atom. The first-order chi connectivity index (χ1) is 19.5. The van der Waals surface area contributed by atoms with Gasteiger partial charge in [0.1, 0.15) is 0 Å². The van der Waals surface area contributed by atoms with Gasteiger partial charge in [-0.25, -0.2) is 0 Å². The van der Waals surface area contributed by atoms with E-state index in [4.69, 9.17) is 19.4 Å². The fraction of sp³-hybridized carbons (Fsp3) is 0.914. The molecule has 0 N–H and O–H groups in total. The molecule has 6 aliphatic carbocycles. The molecule has 40 heavy (non-hydrogen) atoms. The first-order valence-corrected chi connectivity index (χ1v) is 26.7. The molecule has 6 aliphatic rings. The molecule has 0 amide bonds. The van der Waals surface area contributed by atoms with Crippen molar-refractivity contribution in [2.45, 2.75) is 202 Å². The fourth-order valence-electron chi connectivity index (χ4n) is 9.72. The monoisotopic (exact) mass is 718 g/mol. The van der Waals surface area contributed by atoms with Crippen LogP contribution in [-0.2, 0) is 13.5 Å². The minimum atomic E-state index is -1.52. The van der Waals surface area contributed by atoms with Gasteiger partial charge in [-0.1, -0.05) is 0 Å². The van der Waals surface area contributed by atoms with Crippen molar-refractivity contribution in [1.82, 2.24) is 0 Å². The van der Waals surface area contributed by atoms with Gasteiger partial charge in [0, 0.05) is 15.8 Å². The second kappa shape index (κ2) is 19.2. The molecule has 6 fully saturated rings. The Balaban J connectivity index is 0.000000148. The number of allylic oxidation sites excluding steroid dienone is 2. The third kappa shape index (κ3) is 11.2. The second-order valence-corrected chi connectivity index (χ2v) is 27.2. The van der Waals surface area contributed by atoms with Gasteiger partial charge in [-0.15, -0.1) is 0 Å². The van der Waals surface area contributed by atoms with Crippen molar-refractivity contribution in [2.24, 2.45) is 0 Å². The van der Waals surface area contributed by atoms with Gasteiger partial charge >= 0.3 is 63.0 Å². The quantitative estimate of drug-likeness (QED) is 0.182. The van der Waals surface area contributed by atoms with E-state index in [9.17, 15) is 0 Å². The standard InChI is InChI=1S/2C15H27P.C5H8.2ClH.Ru/c2*1-2-8-13(7-1)16(14-9-3-4-10-14)15-11-5-6-12-15;1-4-5(2)3;;;/h2*13-15H,1-12H2;1,4H,2-3H3;2*1H;/q;;;;;+2. The van der Waals surface area contributed by atoms with Crippen LogP contribution in [0.2, 0.25) is 0 Å². The van der Waals surface area contributed by atoms with E-state index in [1.54, 1.807) is 154 Å². The number of hydrogen-bond acceptors (Lipinski definition) is 0. The van der Waals surface area contributed by atoms with Crippen LogP contribution in [-0.4, -0.2) is 38.6 Å². The van der Waals surface area contributed by atoms with Crippen LogP contribution in [0.15, 0.2) is 11.6 Å². The molecule has 6 saturated carbocycles. The molecule has 0 spiro atoms. The summed E-state index contributed by atoms with van der Waals surface area (Å²) < 4.78 is 1.88. The van der Waals surface area contributed by atoms with E-state index in [-0.39, 0.29) is 15.8 Å². The molecule has 0 unspecified atom stereocenters. The molecule has 0 radical (unpaired) electrons. The van der Waals surface area contributed by atoms with Gasteiger partial charge in [0.15, 0.2) is 0 Å². The average Bonchev–Trinajstić information content (AvgIpc) is 3.80. The van der Waals surface area contributed by atoms with Gasteiger partial charge in [-0.2, -0.15) is 0 Å². The fourth-order valence-corrected chi connectivity index (χ4v) is 21.5. The number of halogens is 2. The Labute approximate surface area is 265 Å². The molecule has 0 bridgehead atoms. The van der Waals surface area contributed by atoms with Crippen LogP contribution in [0.1, 0.15) is 168 Å². The van der Waals surface area contributed by atoms with E-state index in [0.717, 1.165) is 0 Å². The van der Waals surface area contributed by atoms with Crippen LogP contribution < -0.4 is 0 Å². The number of hydrogen-bond donors (Lipinski definition) is 0. The summed E-state index contributed by atoms with van der Waals surface area (Å²) in [6.45, 7) is 4.03. The van der Waals surface area contributed by atoms with Gasteiger partial charge < -0.3 is 0 Å². The number of rotatable bonds is 7. The van der Waals surface area contributed by atoms with Crippen LogP contribution in [0.5, 0.6) is 0 Å². The molecule has 0 aromatic carbocycles. The van der Waals surface area contributed by atoms with E-state index in [1.165, 1.54) is 39.5 Å². The van der Waals surface area contributed by atoms with Crippen molar-refractivity contribution in [3.8, 4) is 0 Å². The van der Waals surface area contributed by atoms with Crippen LogP contribution >= 0.6 is 35.2 Å². The third-order valence-corrected chi connectivity index (χ3v) is 22.3. The zero-order valence-corrected chi connectivity index (χ0v) is 31.4. The molecule has 0 aliphatic heterocycles. The van der Waals surface area contributed by atoms with Crippen molar-refractivity contribution in [3.05, 3.63) is 11.6 Å². The van der Waals surface area contributed by atoms with Gasteiger partial charge in [-0.05, 0) is 154 Å². The summed E-state index contributed by atoms with van der Waals surface area (Å²) in [5, 5.41) is 0. The minimum absolute atomic E-state index is 0.0224. The maximum atomic E-state index is 5.53. The van der Waals surface area contributed by atoms with Gasteiger partial charge in [-0.3, -0.25) is 0 Å². The first kappa shape index (κ1) is 34.5. The van der Waals surface area contributed by atoms with E-state index in [1.807, 2.05) is 24.5 Å². The van der Waals surface area contributed by atoms with Crippen molar-refractivity contribution in [3.63, 3.8) is 0 Å². The zero-order valence-electron chi connectivity index (χ0n) is 26.2. The van der Waals surface area contributed by atoms with E-state index in [2.05, 4.69) is 0 Å². The molecule has 6 rings (SSSR count). The molecule has 0 nitrogen and oxygen atoms in total. The molecule has 5 heteroatoms. The SMILES string of the molecule is C1CCC([PH+](C2CCCC2)C2CCCC2)C1.C1CCC([PH+](C2CCCC2)C2CCCC2)C1.CC(C)=C[CH]=[Ru]([Cl])[Cl]. The van der Waals surface area contributed by atoms with Crippen LogP contribution in [0.4, 0.5) is 0 Å². The molecular weight excluding hydrogens is 654 g/mol. The van der Waals surface area contributed by atoms with Crippen molar-refractivity contribution >= 4 is 39.8 Å². The molecule has 0 aromatic heterocycles. The van der Waals surface area contributed by atoms with E-state index in [0.29, 0.717) is 0 Å². The predicted molar refractivity (Wildman–Crippen MR) is 187 cm³/mol. The van der Waals surface area contributed by atoms with Gasteiger partial charge in [0.05, 0.1) is 34.0 Å². The Morgan fingerprint density at radius 2 is 0.650 bits per heavy atom. The van der Waals surface area contributed by atoms with Gasteiger partial charge in [0.25, 0.3) is 0 Å². The summed E-state index contributed by atoms with van der Waals surface area (Å²) in [4.78, 5) is 0. The summed E-state index contributed by atoms with van der Waals surface area (Å²) >= 11 is -1.52. The third-order valence-electron chi connectivity index (χ3n) is 11.4. The summed E-state index contributed by atoms with van der Waals surface area (Å²) in [6.07, 6.45) is 40.3. The summed E-state index contributed by atoms with van der Waals surface area (Å²) in [5.74, 6) is 0. The normalized spacial score (nSPS) is 25.9. The van der Waals surface area contributed by atoms with Crippen molar-refractivity contribution < 1.29 is 13.5 Å². The topological polar surface area (TPSA) is 0 Å². The Morgan fingerprint density at radius 3 is 0.775 bits per heavy atom. The molecule has 0 aromatic rings. The summed E-state index contributed by atoms with van der Waals surface area (Å²) in [5.41, 5.74) is 8.72. The first-order valence-electron chi connectivity index (χ1n) is 17.7. The van der Waals surface area contributed by atoms with Crippen molar-refractivity contribution in [1.29, 1.82) is 0 Å². The Kier molecular flexibility index (Phi) is 16.6. The average molecular weight is 719 g/mol. The molecule has 0 atom stereocenters. The second-order valence-electron chi connectivity index (χ2n) is 14.5. The summed E-state index contributed by atoms with van der Waals surface area (Å²) in [6, 6.07) is 0. The maximum absolute atomic E-state index is 5.53. The Bertz CT molecular complexity index is 601. The summed E-state index contributed by atoms with van der Waals surface area (Å²) in [7, 11) is 11.1. The van der Waals surface area contributed by atoms with Gasteiger partial charge in [0.2, 0.25) is 0 Å². The van der Waals surface area contributed by atoms with Crippen LogP contribution in [0.25, 0.3) is 0 Å². The van der Waals surface area contributed by atoms with E-state index >= 15 is 0 Å². The molecule has 234 valence electrons. The molecule has 0 saturated heterocycles. The molecule has 0 heterocycles. The Hall–Kier alpha value is 1.67. The van der Waals surface area contributed by atoms with Crippen molar-refractivity contribution in [2.75, 3.05) is 0 Å². The van der Waals surface area contributed by atoms with E-state index < -0.39 is 13.5 Å². The zero-order chi connectivity index (χ0) is 28.2. The van der Waals surface area contributed by atoms with Crippen LogP contribution in [0, 0.1) is 0 Å². The molecular formula is C35H64Cl2P2Ru+2. The van der Waals surface area contributed by atoms with Crippen LogP contribution in [0.3, 0.4) is 0 Å². The predicted octanol–water partition coefficient (Wildman–Crippen LogP) is 12.7.